The van der Waals surface area contributed by atoms with Crippen LogP contribution in [0, 0.1) is 175 Å². The number of nitrogens with zero attached hydrogens (tertiary/aromatic N) is 3. The van der Waals surface area contributed by atoms with Crippen molar-refractivity contribution in [3.05, 3.63) is 190 Å². The Morgan fingerprint density at radius 3 is 0.282 bits per heavy atom. The molecule has 376 valence electrons. The van der Waals surface area contributed by atoms with Crippen LogP contribution in [0.25, 0.3) is 16.0 Å². The van der Waals surface area contributed by atoms with Crippen molar-refractivity contribution in [2.45, 2.75) is 0 Å². The molecule has 3 nitrogen and oxygen atoms in total. The van der Waals surface area contributed by atoms with Crippen molar-refractivity contribution in [1.82, 2.24) is 0 Å². The molecule has 0 aliphatic carbocycles. The zero-order chi connectivity index (χ0) is 54.6. The molecule has 0 aromatic heterocycles. The topological polar surface area (TPSA) is 58.7 Å². The molecule has 0 saturated carbocycles. The van der Waals surface area contributed by atoms with Crippen LogP contribution in [0.3, 0.4) is 0 Å². The lowest BCUT2D eigenvalue weighted by atomic mass is 10.3. The van der Waals surface area contributed by atoms with E-state index in [4.69, 9.17) is 11.1 Å². The SMILES string of the molecule is Fc1c(F)c(F)[c]([Al]([c]2c(F)c(F)c(F)c(F)c2F)[c]2c(F)c(F)c(F)c(F)c2F)c(F)c1F.Fc1c(F)c(F)[c]([Al]([c]2c(F)c(F)c(F)c(F)c2F)[c]2c(F)c(F)c(F)c(F)c2F)c(F)c1F.[N-]=[N+]=[N-]. The van der Waals surface area contributed by atoms with Gasteiger partial charge in [0.25, 0.3) is 0 Å². The van der Waals surface area contributed by atoms with Crippen molar-refractivity contribution in [3.8, 4) is 0 Å². The normalized spacial score (nSPS) is 11.0. The minimum absolute atomic E-state index is 1.50. The first-order valence-electron chi connectivity index (χ1n) is 16.8. The van der Waals surface area contributed by atoms with Gasteiger partial charge in [0.1, 0.15) is 0 Å². The maximum absolute atomic E-state index is 14.4. The van der Waals surface area contributed by atoms with Crippen LogP contribution in [0.2, 0.25) is 0 Å². The summed E-state index contributed by atoms with van der Waals surface area (Å²) in [4.78, 5) is 1.50. The fourth-order valence-corrected chi connectivity index (χ4v) is 12.4. The van der Waals surface area contributed by atoms with Crippen molar-refractivity contribution in [1.29, 1.82) is 0 Å². The molecule has 0 aliphatic heterocycles. The average molecular weight is 1100 g/mol. The van der Waals surface area contributed by atoms with Gasteiger partial charge in [-0.1, -0.05) is 0 Å². The Hall–Kier alpha value is -6.41. The van der Waals surface area contributed by atoms with Gasteiger partial charge in [0.2, 0.25) is 0 Å². The summed E-state index contributed by atoms with van der Waals surface area (Å²) < 4.78 is 403. The van der Waals surface area contributed by atoms with Gasteiger partial charge in [-0.05, 0) is 26.6 Å². The highest BCUT2D eigenvalue weighted by Crippen LogP contribution is 2.26. The van der Waals surface area contributed by atoms with E-state index in [1.807, 2.05) is 0 Å². The van der Waals surface area contributed by atoms with E-state index in [0.29, 0.717) is 0 Å². The molecule has 0 spiro atoms. The zero-order valence-corrected chi connectivity index (χ0v) is 34.1. The quantitative estimate of drug-likeness (QED) is 0.0304. The van der Waals surface area contributed by atoms with E-state index in [0.717, 1.165) is 0 Å². The van der Waals surface area contributed by atoms with E-state index >= 15 is 0 Å². The smallest absolute Gasteiger partial charge is 0.373 e. The van der Waals surface area contributed by atoms with Crippen molar-refractivity contribution in [2.75, 3.05) is 0 Å². The van der Waals surface area contributed by atoms with Crippen molar-refractivity contribution < 1.29 is 132 Å². The highest BCUT2D eigenvalue weighted by Gasteiger charge is 2.49. The van der Waals surface area contributed by atoms with Crippen LogP contribution in [0.15, 0.2) is 0 Å². The first-order valence-corrected chi connectivity index (χ1v) is 20.3. The standard InChI is InChI=1S/6C6F5.2Al.N3/c6*7-2-1-3(8)5(10)6(11)4(2)9;;;1-3-2/q;;;;;;;;-1. The Labute approximate surface area is 376 Å². The van der Waals surface area contributed by atoms with Crippen LogP contribution in [0.1, 0.15) is 0 Å². The van der Waals surface area contributed by atoms with Gasteiger partial charge in [0.15, 0.2) is 175 Å². The number of hydrogen-bond acceptors (Lipinski definition) is 0. The van der Waals surface area contributed by atoms with E-state index < -0.39 is 229 Å². The lowest BCUT2D eigenvalue weighted by molar-refractivity contribution is 0.380. The Bertz CT molecular complexity index is 2560. The number of hydrogen-bond donors (Lipinski definition) is 0. The summed E-state index contributed by atoms with van der Waals surface area (Å²) in [5.41, 5.74) is 13.5. The molecule has 0 bridgehead atoms. The van der Waals surface area contributed by atoms with Crippen LogP contribution in [0.5, 0.6) is 0 Å². The predicted molar refractivity (Wildman–Crippen MR) is 177 cm³/mol. The first kappa shape index (κ1) is 57.2. The third-order valence-electron chi connectivity index (χ3n) is 9.19. The molecule has 0 fully saturated rings. The fourth-order valence-electron chi connectivity index (χ4n) is 6.12. The van der Waals surface area contributed by atoms with Crippen LogP contribution >= 0.6 is 0 Å². The second-order valence-electron chi connectivity index (χ2n) is 12.9. The first-order chi connectivity index (χ1) is 32.7. The molecule has 0 radical (unpaired) electrons. The minimum Gasteiger partial charge on any atom is -0.373 e. The summed E-state index contributed by atoms with van der Waals surface area (Å²) in [5, 5.41) is 0. The molecular formula is C36Al2F30N3-. The second kappa shape index (κ2) is 21.1. The lowest BCUT2D eigenvalue weighted by Gasteiger charge is -2.20. The second-order valence-corrected chi connectivity index (χ2v) is 18.1. The Kier molecular flexibility index (Phi) is 17.0. The maximum Gasteiger partial charge on any atom is 0.413 e. The van der Waals surface area contributed by atoms with Crippen molar-refractivity contribution >= 4 is 54.8 Å². The fraction of sp³-hybridized carbons (Fsp3) is 0. The van der Waals surface area contributed by atoms with E-state index in [9.17, 15) is 132 Å². The van der Waals surface area contributed by atoms with Gasteiger partial charge in [-0.25, -0.2) is 132 Å². The Morgan fingerprint density at radius 2 is 0.211 bits per heavy atom. The summed E-state index contributed by atoms with van der Waals surface area (Å²) >= 11 is -11.9. The highest BCUT2D eigenvalue weighted by atomic mass is 27.2. The molecule has 35 heteroatoms. The summed E-state index contributed by atoms with van der Waals surface area (Å²) in [6.45, 7) is 0. The van der Waals surface area contributed by atoms with Crippen molar-refractivity contribution in [3.63, 3.8) is 0 Å². The van der Waals surface area contributed by atoms with Gasteiger partial charge >= 0.3 is 28.3 Å². The monoisotopic (exact) mass is 1100 g/mol. The zero-order valence-electron chi connectivity index (χ0n) is 31.8. The molecular weight excluding hydrogens is 1100 g/mol. The van der Waals surface area contributed by atoms with E-state index in [1.165, 1.54) is 4.91 Å². The third-order valence-corrected chi connectivity index (χ3v) is 15.7. The van der Waals surface area contributed by atoms with Gasteiger partial charge < -0.3 is 11.1 Å². The molecule has 71 heavy (non-hydrogen) atoms. The summed E-state index contributed by atoms with van der Waals surface area (Å²) in [6, 6.07) is 0. The van der Waals surface area contributed by atoms with Gasteiger partial charge in [0, 0.05) is 0 Å². The van der Waals surface area contributed by atoms with Gasteiger partial charge in [-0.15, -0.1) is 0 Å². The summed E-state index contributed by atoms with van der Waals surface area (Å²) in [6.07, 6.45) is 0. The molecule has 0 heterocycles. The lowest BCUT2D eigenvalue weighted by Crippen LogP contribution is -2.60. The summed E-state index contributed by atoms with van der Waals surface area (Å²) in [5.74, 6) is -89.2. The summed E-state index contributed by atoms with van der Waals surface area (Å²) in [7, 11) is 0. The molecule has 6 aromatic carbocycles. The molecule has 0 N–H and O–H groups in total. The molecule has 0 aliphatic rings. The molecule has 0 saturated heterocycles. The van der Waals surface area contributed by atoms with E-state index in [-0.39, 0.29) is 0 Å². The predicted octanol–water partition coefficient (Wildman–Crippen LogP) is 9.44. The average Bonchev–Trinajstić information content (AvgIpc) is 3.34. The van der Waals surface area contributed by atoms with Gasteiger partial charge in [-0.2, -0.15) is 0 Å². The molecule has 0 unspecified atom stereocenters. The number of benzene rings is 6. The number of halogens is 30. The Balaban J connectivity index is 0.000000292. The Morgan fingerprint density at radius 1 is 0.155 bits per heavy atom. The maximum atomic E-state index is 14.4. The third kappa shape index (κ3) is 9.24. The highest BCUT2D eigenvalue weighted by molar-refractivity contribution is 6.96. The van der Waals surface area contributed by atoms with Gasteiger partial charge in [0.05, 0.1) is 0 Å². The molecule has 6 rings (SSSR count). The largest absolute Gasteiger partial charge is 0.413 e. The van der Waals surface area contributed by atoms with Gasteiger partial charge in [-0.3, -0.25) is 4.91 Å². The van der Waals surface area contributed by atoms with E-state index in [1.54, 1.807) is 0 Å². The number of rotatable bonds is 6. The van der Waals surface area contributed by atoms with Crippen molar-refractivity contribution in [2.24, 2.45) is 0 Å². The van der Waals surface area contributed by atoms with E-state index in [2.05, 4.69) is 0 Å². The molecule has 0 atom stereocenters. The molecule has 6 aromatic rings. The van der Waals surface area contributed by atoms with Crippen LogP contribution in [-0.4, -0.2) is 28.3 Å². The van der Waals surface area contributed by atoms with Crippen LogP contribution < -0.4 is 26.6 Å². The minimum atomic E-state index is -5.96. The van der Waals surface area contributed by atoms with Crippen LogP contribution in [-0.2, 0) is 0 Å². The molecule has 0 amide bonds. The van der Waals surface area contributed by atoms with Crippen LogP contribution in [0.4, 0.5) is 132 Å².